The molecule has 4 nitrogen and oxygen atoms in total. The average molecular weight is 210 g/mol. The number of hydrogen-bond donors (Lipinski definition) is 1. The van der Waals surface area contributed by atoms with Crippen LogP contribution in [0.4, 0.5) is 0 Å². The molecule has 0 saturated carbocycles. The minimum absolute atomic E-state index is 0.963. The molecule has 0 radical (unpaired) electrons. The van der Waals surface area contributed by atoms with Gasteiger partial charge in [0.05, 0.1) is 12.0 Å². The highest BCUT2D eigenvalue weighted by Crippen LogP contribution is 1.99. The zero-order valence-electron chi connectivity index (χ0n) is 10.0. The molecule has 15 heavy (non-hydrogen) atoms. The van der Waals surface area contributed by atoms with Crippen LogP contribution in [0.15, 0.2) is 12.5 Å². The predicted molar refractivity (Wildman–Crippen MR) is 62.7 cm³/mol. The van der Waals surface area contributed by atoms with E-state index in [9.17, 15) is 0 Å². The van der Waals surface area contributed by atoms with Crippen LogP contribution in [0, 0.1) is 0 Å². The van der Waals surface area contributed by atoms with E-state index in [1.165, 1.54) is 12.1 Å². The lowest BCUT2D eigenvalue weighted by Crippen LogP contribution is -2.29. The van der Waals surface area contributed by atoms with Gasteiger partial charge in [-0.3, -0.25) is 4.90 Å². The number of likely N-dealkylation sites (N-methyl/N-ethyl adjacent to an activating group) is 1. The summed E-state index contributed by atoms with van der Waals surface area (Å²) in [6.45, 7) is 6.39. The Kier molecular flexibility index (Phi) is 5.36. The molecule has 86 valence electrons. The molecule has 0 spiro atoms. The maximum absolute atomic E-state index is 4.11. The summed E-state index contributed by atoms with van der Waals surface area (Å²) in [5.41, 5.74) is 1.26. The molecule has 0 aromatic carbocycles. The second-order valence-corrected chi connectivity index (χ2v) is 3.98. The molecule has 0 bridgehead atoms. The Morgan fingerprint density at radius 3 is 2.87 bits per heavy atom. The first kappa shape index (κ1) is 12.2. The van der Waals surface area contributed by atoms with Crippen LogP contribution in [-0.4, -0.2) is 41.1 Å². The second-order valence-electron chi connectivity index (χ2n) is 3.98. The summed E-state index contributed by atoms with van der Waals surface area (Å²) in [6, 6.07) is 0. The molecular formula is C11H22N4. The number of hydrogen-bond acceptors (Lipinski definition) is 3. The quantitative estimate of drug-likeness (QED) is 0.677. The van der Waals surface area contributed by atoms with Crippen molar-refractivity contribution in [2.24, 2.45) is 7.05 Å². The lowest BCUT2D eigenvalue weighted by atomic mass is 10.4. The summed E-state index contributed by atoms with van der Waals surface area (Å²) in [7, 11) is 4.17. The van der Waals surface area contributed by atoms with Crippen LogP contribution in [0.5, 0.6) is 0 Å². The Hall–Kier alpha value is -0.870. The Bertz CT molecular complexity index is 269. The number of aromatic nitrogens is 2. The Balaban J connectivity index is 2.18. The third kappa shape index (κ3) is 4.44. The molecule has 1 aromatic rings. The normalized spacial score (nSPS) is 11.2. The van der Waals surface area contributed by atoms with Gasteiger partial charge in [-0.15, -0.1) is 0 Å². The van der Waals surface area contributed by atoms with Crippen molar-refractivity contribution in [3.05, 3.63) is 18.2 Å². The Labute approximate surface area is 92.3 Å². The summed E-state index contributed by atoms with van der Waals surface area (Å²) in [5.74, 6) is 0. The topological polar surface area (TPSA) is 33.1 Å². The molecule has 0 atom stereocenters. The van der Waals surface area contributed by atoms with Crippen molar-refractivity contribution in [2.45, 2.75) is 19.9 Å². The molecule has 0 aliphatic rings. The molecule has 1 N–H and O–H groups in total. The standard InChI is InChI=1S/C11H22N4/c1-4-5-12-6-7-14(2)9-11-8-13-10-15(11)3/h8,10,12H,4-7,9H2,1-3H3. The Morgan fingerprint density at radius 2 is 2.27 bits per heavy atom. The van der Waals surface area contributed by atoms with Crippen molar-refractivity contribution in [3.8, 4) is 0 Å². The highest BCUT2D eigenvalue weighted by atomic mass is 15.1. The number of imidazole rings is 1. The van der Waals surface area contributed by atoms with E-state index in [0.29, 0.717) is 0 Å². The largest absolute Gasteiger partial charge is 0.337 e. The summed E-state index contributed by atoms with van der Waals surface area (Å²) in [4.78, 5) is 6.41. The van der Waals surface area contributed by atoms with E-state index >= 15 is 0 Å². The third-order valence-electron chi connectivity index (χ3n) is 2.45. The molecule has 0 amide bonds. The second kappa shape index (κ2) is 6.58. The molecular weight excluding hydrogens is 188 g/mol. The van der Waals surface area contributed by atoms with E-state index in [0.717, 1.165) is 26.2 Å². The number of nitrogens with zero attached hydrogens (tertiary/aromatic N) is 3. The highest BCUT2D eigenvalue weighted by Gasteiger charge is 2.02. The van der Waals surface area contributed by atoms with Crippen molar-refractivity contribution in [1.29, 1.82) is 0 Å². The summed E-state index contributed by atoms with van der Waals surface area (Å²) < 4.78 is 2.07. The molecule has 1 rings (SSSR count). The molecule has 0 aliphatic heterocycles. The smallest absolute Gasteiger partial charge is 0.0945 e. The van der Waals surface area contributed by atoms with Crippen molar-refractivity contribution in [2.75, 3.05) is 26.7 Å². The van der Waals surface area contributed by atoms with Crippen LogP contribution in [0.2, 0.25) is 0 Å². The van der Waals surface area contributed by atoms with Gasteiger partial charge >= 0.3 is 0 Å². The number of nitrogens with one attached hydrogen (secondary N) is 1. The fourth-order valence-electron chi connectivity index (χ4n) is 1.46. The van der Waals surface area contributed by atoms with Crippen molar-refractivity contribution in [3.63, 3.8) is 0 Å². The minimum atomic E-state index is 0.963. The van der Waals surface area contributed by atoms with Gasteiger partial charge in [0.25, 0.3) is 0 Å². The first-order chi connectivity index (χ1) is 7.24. The van der Waals surface area contributed by atoms with Gasteiger partial charge in [0.1, 0.15) is 0 Å². The van der Waals surface area contributed by atoms with Gasteiger partial charge in [-0.1, -0.05) is 6.92 Å². The van der Waals surface area contributed by atoms with E-state index in [1.807, 2.05) is 19.6 Å². The highest BCUT2D eigenvalue weighted by molar-refractivity contribution is 4.96. The minimum Gasteiger partial charge on any atom is -0.337 e. The van der Waals surface area contributed by atoms with Gasteiger partial charge in [0.2, 0.25) is 0 Å². The van der Waals surface area contributed by atoms with Crippen LogP contribution in [0.1, 0.15) is 19.0 Å². The van der Waals surface area contributed by atoms with E-state index in [-0.39, 0.29) is 0 Å². The molecule has 1 aromatic heterocycles. The summed E-state index contributed by atoms with van der Waals surface area (Å²) in [6.07, 6.45) is 4.97. The van der Waals surface area contributed by atoms with Crippen LogP contribution < -0.4 is 5.32 Å². The van der Waals surface area contributed by atoms with Gasteiger partial charge in [0, 0.05) is 32.9 Å². The van der Waals surface area contributed by atoms with E-state index in [2.05, 4.69) is 33.7 Å². The first-order valence-electron chi connectivity index (χ1n) is 5.58. The lowest BCUT2D eigenvalue weighted by molar-refractivity contribution is 0.317. The lowest BCUT2D eigenvalue weighted by Gasteiger charge is -2.16. The zero-order chi connectivity index (χ0) is 11.1. The van der Waals surface area contributed by atoms with E-state index in [4.69, 9.17) is 0 Å². The molecule has 1 heterocycles. The van der Waals surface area contributed by atoms with Crippen molar-refractivity contribution >= 4 is 0 Å². The van der Waals surface area contributed by atoms with Gasteiger partial charge in [-0.05, 0) is 20.0 Å². The first-order valence-corrected chi connectivity index (χ1v) is 5.58. The maximum atomic E-state index is 4.11. The van der Waals surface area contributed by atoms with E-state index < -0.39 is 0 Å². The SMILES string of the molecule is CCCNCCN(C)Cc1cncn1C. The van der Waals surface area contributed by atoms with Gasteiger partial charge in [0.15, 0.2) is 0 Å². The van der Waals surface area contributed by atoms with E-state index in [1.54, 1.807) is 0 Å². The van der Waals surface area contributed by atoms with Gasteiger partial charge < -0.3 is 9.88 Å². The summed E-state index contributed by atoms with van der Waals surface area (Å²) >= 11 is 0. The predicted octanol–water partition coefficient (Wildman–Crippen LogP) is 0.851. The van der Waals surface area contributed by atoms with Crippen molar-refractivity contribution < 1.29 is 0 Å². The molecule has 0 fully saturated rings. The maximum Gasteiger partial charge on any atom is 0.0945 e. The zero-order valence-corrected chi connectivity index (χ0v) is 10.0. The third-order valence-corrected chi connectivity index (χ3v) is 2.45. The Morgan fingerprint density at radius 1 is 1.47 bits per heavy atom. The average Bonchev–Trinajstić information content (AvgIpc) is 2.59. The molecule has 0 saturated heterocycles. The molecule has 0 aliphatic carbocycles. The fourth-order valence-corrected chi connectivity index (χ4v) is 1.46. The molecule has 0 unspecified atom stereocenters. The van der Waals surface area contributed by atoms with Crippen LogP contribution in [-0.2, 0) is 13.6 Å². The number of rotatable bonds is 7. The van der Waals surface area contributed by atoms with Crippen LogP contribution >= 0.6 is 0 Å². The van der Waals surface area contributed by atoms with Crippen molar-refractivity contribution in [1.82, 2.24) is 19.8 Å². The van der Waals surface area contributed by atoms with Crippen LogP contribution in [0.3, 0.4) is 0 Å². The van der Waals surface area contributed by atoms with Gasteiger partial charge in [-0.2, -0.15) is 0 Å². The monoisotopic (exact) mass is 210 g/mol. The fraction of sp³-hybridized carbons (Fsp3) is 0.727. The van der Waals surface area contributed by atoms with Crippen LogP contribution in [0.25, 0.3) is 0 Å². The number of aryl methyl sites for hydroxylation is 1. The van der Waals surface area contributed by atoms with Gasteiger partial charge in [-0.25, -0.2) is 4.98 Å². The molecule has 4 heteroatoms. The summed E-state index contributed by atoms with van der Waals surface area (Å²) in [5, 5.41) is 3.40.